The van der Waals surface area contributed by atoms with Gasteiger partial charge in [0.15, 0.2) is 0 Å². The number of aliphatic imine (C=N–C) groups is 1. The Morgan fingerprint density at radius 1 is 1.40 bits per heavy atom. The number of alkyl halides is 3. The summed E-state index contributed by atoms with van der Waals surface area (Å²) < 4.78 is 39.0. The lowest BCUT2D eigenvalue weighted by Gasteiger charge is -2.09. The van der Waals surface area contributed by atoms with Crippen molar-refractivity contribution in [3.63, 3.8) is 0 Å². The summed E-state index contributed by atoms with van der Waals surface area (Å²) in [6.45, 7) is 0. The summed E-state index contributed by atoms with van der Waals surface area (Å²) in [6, 6.07) is 3.18. The Morgan fingerprint density at radius 2 is 2.07 bits per heavy atom. The summed E-state index contributed by atoms with van der Waals surface area (Å²) in [4.78, 5) is 13.0. The monoisotopic (exact) mass is 237 g/mol. The van der Waals surface area contributed by atoms with Crippen molar-refractivity contribution >= 4 is 23.4 Å². The Hall–Kier alpha value is -1.52. The third kappa shape index (κ3) is 3.61. The van der Waals surface area contributed by atoms with Crippen molar-refractivity contribution in [2.75, 3.05) is 0 Å². The van der Waals surface area contributed by atoms with E-state index in [2.05, 4.69) is 9.73 Å². The lowest BCUT2D eigenvalue weighted by Crippen LogP contribution is -2.17. The number of benzene rings is 1. The molecule has 0 bridgehead atoms. The average Bonchev–Trinajstić information content (AvgIpc) is 2.08. The van der Waals surface area contributed by atoms with Crippen LogP contribution in [-0.2, 0) is 4.79 Å². The lowest BCUT2D eigenvalue weighted by molar-refractivity contribution is -0.274. The van der Waals surface area contributed by atoms with E-state index in [4.69, 9.17) is 11.6 Å². The van der Waals surface area contributed by atoms with Crippen LogP contribution < -0.4 is 4.74 Å². The largest absolute Gasteiger partial charge is 0.573 e. The highest BCUT2D eigenvalue weighted by atomic mass is 35.5. The van der Waals surface area contributed by atoms with Crippen LogP contribution in [-0.4, -0.2) is 12.4 Å². The second-order valence-electron chi connectivity index (χ2n) is 2.37. The fraction of sp³-hybridized carbons (Fsp3) is 0.125. The van der Waals surface area contributed by atoms with Gasteiger partial charge in [-0.05, 0) is 18.2 Å². The third-order valence-electron chi connectivity index (χ3n) is 1.32. The van der Waals surface area contributed by atoms with Gasteiger partial charge in [-0.1, -0.05) is 11.6 Å². The van der Waals surface area contributed by atoms with E-state index in [-0.39, 0.29) is 10.7 Å². The van der Waals surface area contributed by atoms with Gasteiger partial charge < -0.3 is 4.74 Å². The second-order valence-corrected chi connectivity index (χ2v) is 2.77. The molecule has 80 valence electrons. The van der Waals surface area contributed by atoms with Crippen LogP contribution in [0, 0.1) is 0 Å². The van der Waals surface area contributed by atoms with Crippen LogP contribution in [0.3, 0.4) is 0 Å². The Kier molecular flexibility index (Phi) is 3.34. The summed E-state index contributed by atoms with van der Waals surface area (Å²) in [6.07, 6.45) is -3.57. The molecule has 0 aliphatic rings. The van der Waals surface area contributed by atoms with Crippen LogP contribution in [0.15, 0.2) is 23.2 Å². The van der Waals surface area contributed by atoms with E-state index in [0.717, 1.165) is 18.2 Å². The summed E-state index contributed by atoms with van der Waals surface area (Å²) in [5.74, 6) is -0.547. The van der Waals surface area contributed by atoms with Crippen LogP contribution in [0.4, 0.5) is 18.9 Å². The molecule has 0 atom stereocenters. The number of hydrogen-bond acceptors (Lipinski definition) is 3. The number of nitrogens with zero attached hydrogens (tertiary/aromatic N) is 1. The molecule has 0 amide bonds. The van der Waals surface area contributed by atoms with Crippen molar-refractivity contribution in [3.05, 3.63) is 23.2 Å². The Bertz CT molecular complexity index is 413. The van der Waals surface area contributed by atoms with Crippen LogP contribution in [0.2, 0.25) is 5.02 Å². The fourth-order valence-electron chi connectivity index (χ4n) is 0.819. The van der Waals surface area contributed by atoms with Crippen LogP contribution in [0.5, 0.6) is 5.75 Å². The molecule has 0 fully saturated rings. The van der Waals surface area contributed by atoms with Crippen molar-refractivity contribution in [1.29, 1.82) is 0 Å². The molecule has 1 rings (SSSR count). The summed E-state index contributed by atoms with van der Waals surface area (Å²) in [5.41, 5.74) is 0.101. The molecule has 0 unspecified atom stereocenters. The molecule has 15 heavy (non-hydrogen) atoms. The zero-order valence-corrected chi connectivity index (χ0v) is 7.76. The Morgan fingerprint density at radius 3 is 2.53 bits per heavy atom. The fourth-order valence-corrected chi connectivity index (χ4v) is 1.03. The van der Waals surface area contributed by atoms with Gasteiger partial charge in [-0.25, -0.2) is 4.79 Å². The SMILES string of the molecule is O=C=Nc1ccc(OC(F)(F)F)c(Cl)c1. The van der Waals surface area contributed by atoms with E-state index < -0.39 is 12.1 Å². The molecule has 1 aromatic carbocycles. The standard InChI is InChI=1S/C8H3ClF3NO2/c9-6-3-5(13-4-14)1-2-7(6)15-8(10,11)12/h1-3H. The van der Waals surface area contributed by atoms with Gasteiger partial charge in [0.05, 0.1) is 10.7 Å². The maximum absolute atomic E-state index is 11.8. The molecule has 0 aliphatic heterocycles. The minimum Gasteiger partial charge on any atom is -0.404 e. The van der Waals surface area contributed by atoms with Crippen molar-refractivity contribution < 1.29 is 22.7 Å². The summed E-state index contributed by atoms with van der Waals surface area (Å²) in [7, 11) is 0. The third-order valence-corrected chi connectivity index (χ3v) is 1.61. The van der Waals surface area contributed by atoms with Gasteiger partial charge in [0.1, 0.15) is 5.75 Å². The molecule has 0 radical (unpaired) electrons. The predicted molar refractivity (Wildman–Crippen MR) is 45.9 cm³/mol. The highest BCUT2D eigenvalue weighted by Gasteiger charge is 2.31. The molecule has 3 nitrogen and oxygen atoms in total. The van der Waals surface area contributed by atoms with Gasteiger partial charge in [-0.3, -0.25) is 0 Å². The summed E-state index contributed by atoms with van der Waals surface area (Å²) >= 11 is 5.46. The van der Waals surface area contributed by atoms with Gasteiger partial charge in [0, 0.05) is 0 Å². The van der Waals surface area contributed by atoms with E-state index in [9.17, 15) is 18.0 Å². The number of hydrogen-bond donors (Lipinski definition) is 0. The highest BCUT2D eigenvalue weighted by Crippen LogP contribution is 2.32. The first-order valence-electron chi connectivity index (χ1n) is 3.55. The van der Waals surface area contributed by atoms with E-state index in [1.807, 2.05) is 0 Å². The number of rotatable bonds is 2. The Balaban J connectivity index is 2.98. The minimum atomic E-state index is -4.81. The van der Waals surface area contributed by atoms with Gasteiger partial charge >= 0.3 is 6.36 Å². The lowest BCUT2D eigenvalue weighted by atomic mass is 10.3. The Labute approximate surface area is 87.1 Å². The molecule has 0 saturated carbocycles. The molecule has 0 spiro atoms. The predicted octanol–water partition coefficient (Wildman–Crippen LogP) is 3.21. The molecule has 7 heteroatoms. The zero-order valence-electron chi connectivity index (χ0n) is 7.01. The second kappa shape index (κ2) is 4.33. The van der Waals surface area contributed by atoms with Crippen molar-refractivity contribution in [2.45, 2.75) is 6.36 Å². The minimum absolute atomic E-state index is 0.101. The van der Waals surface area contributed by atoms with Gasteiger partial charge in [-0.2, -0.15) is 4.99 Å². The molecular weight excluding hydrogens is 235 g/mol. The van der Waals surface area contributed by atoms with Crippen molar-refractivity contribution in [1.82, 2.24) is 0 Å². The topological polar surface area (TPSA) is 38.7 Å². The zero-order chi connectivity index (χ0) is 11.5. The first kappa shape index (κ1) is 11.6. The van der Waals surface area contributed by atoms with E-state index in [1.54, 1.807) is 0 Å². The molecule has 0 saturated heterocycles. The molecule has 0 heterocycles. The molecule has 0 N–H and O–H groups in total. The van der Waals surface area contributed by atoms with Crippen LogP contribution in [0.1, 0.15) is 0 Å². The molecule has 1 aromatic rings. The number of carbonyl (C=O) groups excluding carboxylic acids is 1. The summed E-state index contributed by atoms with van der Waals surface area (Å²) in [5, 5.41) is -0.288. The molecule has 0 aliphatic carbocycles. The van der Waals surface area contributed by atoms with E-state index >= 15 is 0 Å². The smallest absolute Gasteiger partial charge is 0.404 e. The quantitative estimate of drug-likeness (QED) is 0.585. The van der Waals surface area contributed by atoms with Gasteiger partial charge in [0.2, 0.25) is 6.08 Å². The first-order valence-corrected chi connectivity index (χ1v) is 3.93. The maximum atomic E-state index is 11.8. The van der Waals surface area contributed by atoms with Gasteiger partial charge in [0.25, 0.3) is 0 Å². The van der Waals surface area contributed by atoms with Crippen LogP contribution >= 0.6 is 11.6 Å². The highest BCUT2D eigenvalue weighted by molar-refractivity contribution is 6.32. The van der Waals surface area contributed by atoms with Gasteiger partial charge in [-0.15, -0.1) is 13.2 Å². The van der Waals surface area contributed by atoms with Crippen molar-refractivity contribution in [2.24, 2.45) is 4.99 Å². The number of ether oxygens (including phenoxy) is 1. The normalized spacial score (nSPS) is 10.7. The molecular formula is C8H3ClF3NO2. The number of isocyanates is 1. The van der Waals surface area contributed by atoms with Crippen LogP contribution in [0.25, 0.3) is 0 Å². The first-order chi connectivity index (χ1) is 6.92. The van der Waals surface area contributed by atoms with Crippen molar-refractivity contribution in [3.8, 4) is 5.75 Å². The van der Waals surface area contributed by atoms with E-state index in [1.165, 1.54) is 6.08 Å². The molecule has 0 aromatic heterocycles. The maximum Gasteiger partial charge on any atom is 0.573 e. The van der Waals surface area contributed by atoms with E-state index in [0.29, 0.717) is 0 Å². The number of halogens is 4. The average molecular weight is 238 g/mol.